The van der Waals surface area contributed by atoms with Crippen LogP contribution in [-0.2, 0) is 9.47 Å². The van der Waals surface area contributed by atoms with Gasteiger partial charge < -0.3 is 14.6 Å². The fourth-order valence-corrected chi connectivity index (χ4v) is 0.537. The Morgan fingerprint density at radius 3 is 2.67 bits per heavy atom. The standard InChI is InChI=1S/C6H14O3/c1-6(5-8-2)9-4-3-7/h6-7H,3-5H2,1-2H3/t6-/m0/s1. The van der Waals surface area contributed by atoms with Crippen molar-refractivity contribution < 1.29 is 14.6 Å². The van der Waals surface area contributed by atoms with E-state index in [1.165, 1.54) is 0 Å². The topological polar surface area (TPSA) is 38.7 Å². The molecule has 0 spiro atoms. The second kappa shape index (κ2) is 6.01. The molecule has 56 valence electrons. The lowest BCUT2D eigenvalue weighted by molar-refractivity contribution is -0.00529. The highest BCUT2D eigenvalue weighted by Crippen LogP contribution is 1.88. The molecular formula is C6H14O3. The zero-order valence-corrected chi connectivity index (χ0v) is 5.96. The Bertz CT molecular complexity index is 56.3. The lowest BCUT2D eigenvalue weighted by Crippen LogP contribution is -2.16. The van der Waals surface area contributed by atoms with E-state index in [2.05, 4.69) is 0 Å². The summed E-state index contributed by atoms with van der Waals surface area (Å²) in [5.74, 6) is 0. The number of hydrogen-bond acceptors (Lipinski definition) is 3. The van der Waals surface area contributed by atoms with Gasteiger partial charge in [-0.15, -0.1) is 0 Å². The third-order valence-electron chi connectivity index (χ3n) is 0.895. The normalized spacial score (nSPS) is 13.7. The van der Waals surface area contributed by atoms with Gasteiger partial charge in [-0.1, -0.05) is 0 Å². The van der Waals surface area contributed by atoms with Gasteiger partial charge in [-0.05, 0) is 6.92 Å². The zero-order valence-electron chi connectivity index (χ0n) is 5.96. The molecule has 0 aliphatic heterocycles. The molecule has 0 aromatic carbocycles. The third-order valence-corrected chi connectivity index (χ3v) is 0.895. The van der Waals surface area contributed by atoms with Gasteiger partial charge in [-0.2, -0.15) is 0 Å². The monoisotopic (exact) mass is 134 g/mol. The molecule has 9 heavy (non-hydrogen) atoms. The summed E-state index contributed by atoms with van der Waals surface area (Å²) in [7, 11) is 1.62. The summed E-state index contributed by atoms with van der Waals surface area (Å²) in [6.45, 7) is 2.96. The minimum Gasteiger partial charge on any atom is -0.394 e. The smallest absolute Gasteiger partial charge is 0.0781 e. The van der Waals surface area contributed by atoms with Gasteiger partial charge in [-0.25, -0.2) is 0 Å². The molecule has 0 bridgehead atoms. The molecule has 0 saturated carbocycles. The predicted molar refractivity (Wildman–Crippen MR) is 34.4 cm³/mol. The van der Waals surface area contributed by atoms with Gasteiger partial charge in [-0.3, -0.25) is 0 Å². The van der Waals surface area contributed by atoms with E-state index in [1.54, 1.807) is 7.11 Å². The molecule has 3 heteroatoms. The molecule has 0 unspecified atom stereocenters. The molecule has 0 radical (unpaired) electrons. The average molecular weight is 134 g/mol. The molecule has 1 atom stereocenters. The first-order chi connectivity index (χ1) is 4.31. The van der Waals surface area contributed by atoms with Crippen LogP contribution in [0.25, 0.3) is 0 Å². The lowest BCUT2D eigenvalue weighted by atomic mass is 10.4. The van der Waals surface area contributed by atoms with E-state index in [9.17, 15) is 0 Å². The van der Waals surface area contributed by atoms with E-state index in [1.807, 2.05) is 6.92 Å². The molecule has 0 saturated heterocycles. The van der Waals surface area contributed by atoms with Crippen molar-refractivity contribution in [3.63, 3.8) is 0 Å². The van der Waals surface area contributed by atoms with Gasteiger partial charge in [0, 0.05) is 7.11 Å². The van der Waals surface area contributed by atoms with Gasteiger partial charge in [0.15, 0.2) is 0 Å². The first-order valence-corrected chi connectivity index (χ1v) is 3.02. The summed E-state index contributed by atoms with van der Waals surface area (Å²) >= 11 is 0. The summed E-state index contributed by atoms with van der Waals surface area (Å²) in [6.07, 6.45) is 0.0853. The first kappa shape index (κ1) is 8.88. The van der Waals surface area contributed by atoms with Crippen molar-refractivity contribution in [2.45, 2.75) is 13.0 Å². The fraction of sp³-hybridized carbons (Fsp3) is 1.00. The number of aliphatic hydroxyl groups is 1. The van der Waals surface area contributed by atoms with Gasteiger partial charge in [0.25, 0.3) is 0 Å². The number of rotatable bonds is 5. The van der Waals surface area contributed by atoms with Crippen LogP contribution in [0.1, 0.15) is 6.92 Å². The lowest BCUT2D eigenvalue weighted by Gasteiger charge is -2.09. The van der Waals surface area contributed by atoms with Crippen molar-refractivity contribution in [3.05, 3.63) is 0 Å². The summed E-state index contributed by atoms with van der Waals surface area (Å²) in [5.41, 5.74) is 0. The molecule has 0 fully saturated rings. The Morgan fingerprint density at radius 2 is 2.22 bits per heavy atom. The van der Waals surface area contributed by atoms with E-state index in [0.717, 1.165) is 0 Å². The highest BCUT2D eigenvalue weighted by molar-refractivity contribution is 4.44. The molecule has 3 nitrogen and oxygen atoms in total. The van der Waals surface area contributed by atoms with Crippen LogP contribution in [-0.4, -0.2) is 38.1 Å². The molecule has 1 N–H and O–H groups in total. The maximum Gasteiger partial charge on any atom is 0.0781 e. The van der Waals surface area contributed by atoms with Gasteiger partial charge in [0.1, 0.15) is 0 Å². The maximum atomic E-state index is 8.32. The van der Waals surface area contributed by atoms with Crippen LogP contribution in [0.2, 0.25) is 0 Å². The van der Waals surface area contributed by atoms with Crippen LogP contribution in [0.15, 0.2) is 0 Å². The minimum absolute atomic E-state index is 0.0774. The first-order valence-electron chi connectivity index (χ1n) is 3.02. The van der Waals surface area contributed by atoms with Crippen molar-refractivity contribution in [3.8, 4) is 0 Å². The van der Waals surface area contributed by atoms with Crippen molar-refractivity contribution in [2.24, 2.45) is 0 Å². The zero-order chi connectivity index (χ0) is 7.11. The Hall–Kier alpha value is -0.120. The Labute approximate surface area is 55.6 Å². The second-order valence-electron chi connectivity index (χ2n) is 1.86. The van der Waals surface area contributed by atoms with Gasteiger partial charge in [0.05, 0.1) is 25.9 Å². The molecule has 0 rings (SSSR count). The maximum absolute atomic E-state index is 8.32. The van der Waals surface area contributed by atoms with Crippen LogP contribution in [0, 0.1) is 0 Å². The molecule has 0 aromatic heterocycles. The number of ether oxygens (including phenoxy) is 2. The van der Waals surface area contributed by atoms with Crippen LogP contribution in [0.5, 0.6) is 0 Å². The summed E-state index contributed by atoms with van der Waals surface area (Å²) in [6, 6.07) is 0. The Morgan fingerprint density at radius 1 is 1.56 bits per heavy atom. The fourth-order valence-electron chi connectivity index (χ4n) is 0.537. The average Bonchev–Trinajstić information content (AvgIpc) is 1.85. The number of aliphatic hydroxyl groups excluding tert-OH is 1. The van der Waals surface area contributed by atoms with Crippen molar-refractivity contribution in [1.29, 1.82) is 0 Å². The van der Waals surface area contributed by atoms with Gasteiger partial charge in [0.2, 0.25) is 0 Å². The Balaban J connectivity index is 2.95. The van der Waals surface area contributed by atoms with E-state index < -0.39 is 0 Å². The minimum atomic E-state index is 0.0774. The largest absolute Gasteiger partial charge is 0.394 e. The van der Waals surface area contributed by atoms with Crippen LogP contribution < -0.4 is 0 Å². The third kappa shape index (κ3) is 5.76. The summed E-state index contributed by atoms with van der Waals surface area (Å²) in [5, 5.41) is 8.32. The van der Waals surface area contributed by atoms with Crippen molar-refractivity contribution in [2.75, 3.05) is 26.9 Å². The SMILES string of the molecule is COC[C@H](C)OCCO. The highest BCUT2D eigenvalue weighted by atomic mass is 16.5. The number of hydrogen-bond donors (Lipinski definition) is 1. The van der Waals surface area contributed by atoms with E-state index in [-0.39, 0.29) is 12.7 Å². The van der Waals surface area contributed by atoms with E-state index >= 15 is 0 Å². The highest BCUT2D eigenvalue weighted by Gasteiger charge is 1.97. The van der Waals surface area contributed by atoms with E-state index in [0.29, 0.717) is 13.2 Å². The second-order valence-corrected chi connectivity index (χ2v) is 1.86. The van der Waals surface area contributed by atoms with Gasteiger partial charge >= 0.3 is 0 Å². The van der Waals surface area contributed by atoms with Crippen LogP contribution in [0.4, 0.5) is 0 Å². The summed E-state index contributed by atoms with van der Waals surface area (Å²) in [4.78, 5) is 0. The number of methoxy groups -OCH3 is 1. The predicted octanol–water partition coefficient (Wildman–Crippen LogP) is 0.0302. The molecule has 0 aromatic rings. The molecule has 0 amide bonds. The summed E-state index contributed by atoms with van der Waals surface area (Å²) < 4.78 is 9.85. The quantitative estimate of drug-likeness (QED) is 0.576. The molecule has 0 heterocycles. The van der Waals surface area contributed by atoms with Crippen LogP contribution >= 0.6 is 0 Å². The molecule has 0 aliphatic rings. The van der Waals surface area contributed by atoms with E-state index in [4.69, 9.17) is 14.6 Å². The van der Waals surface area contributed by atoms with Crippen LogP contribution in [0.3, 0.4) is 0 Å². The van der Waals surface area contributed by atoms with Crippen molar-refractivity contribution in [1.82, 2.24) is 0 Å². The Kier molecular flexibility index (Phi) is 5.93. The molecule has 0 aliphatic carbocycles. The van der Waals surface area contributed by atoms with Crippen molar-refractivity contribution >= 4 is 0 Å². The molecular weight excluding hydrogens is 120 g/mol.